The highest BCUT2D eigenvalue weighted by Gasteiger charge is 2.12. The Morgan fingerprint density at radius 1 is 1.05 bits per heavy atom. The summed E-state index contributed by atoms with van der Waals surface area (Å²) >= 11 is 6.01. The van der Waals surface area contributed by atoms with Gasteiger partial charge in [-0.1, -0.05) is 29.8 Å². The van der Waals surface area contributed by atoms with E-state index in [2.05, 4.69) is 20.1 Å². The van der Waals surface area contributed by atoms with Gasteiger partial charge in [-0.15, -0.1) is 5.10 Å². The van der Waals surface area contributed by atoms with Crippen molar-refractivity contribution in [1.29, 1.82) is 0 Å². The molecule has 2 aromatic heterocycles. The van der Waals surface area contributed by atoms with E-state index in [0.29, 0.717) is 0 Å². The zero-order valence-electron chi connectivity index (χ0n) is 11.5. The van der Waals surface area contributed by atoms with Gasteiger partial charge in [0.2, 0.25) is 0 Å². The van der Waals surface area contributed by atoms with Gasteiger partial charge in [0, 0.05) is 0 Å². The lowest BCUT2D eigenvalue weighted by Gasteiger charge is -2.05. The third-order valence-electron chi connectivity index (χ3n) is 2.91. The molecule has 0 atom stereocenters. The molecule has 0 bridgehead atoms. The minimum Gasteiger partial charge on any atom is -0.401 e. The number of nitrogens with zero attached hydrogens (tertiary/aromatic N) is 5. The number of aromatic nitrogens is 5. The summed E-state index contributed by atoms with van der Waals surface area (Å²) < 4.78 is 7.11. The summed E-state index contributed by atoms with van der Waals surface area (Å²) in [6, 6.07) is 9.77. The molecule has 6 nitrogen and oxygen atoms in total. The van der Waals surface area contributed by atoms with Crippen LogP contribution in [0.1, 0.15) is 11.4 Å². The number of hydrogen-bond acceptors (Lipinski definition) is 5. The zero-order valence-corrected chi connectivity index (χ0v) is 12.2. The normalized spacial score (nSPS) is 10.6. The summed E-state index contributed by atoms with van der Waals surface area (Å²) in [5.41, 5.74) is 2.39. The Kier molecular flexibility index (Phi) is 3.53. The van der Waals surface area contributed by atoms with Crippen molar-refractivity contribution >= 4 is 11.6 Å². The van der Waals surface area contributed by atoms with Crippen molar-refractivity contribution in [1.82, 2.24) is 24.7 Å². The first kappa shape index (κ1) is 13.5. The van der Waals surface area contributed by atoms with Gasteiger partial charge in [0.25, 0.3) is 5.88 Å². The molecule has 7 heteroatoms. The Balaban J connectivity index is 1.87. The van der Waals surface area contributed by atoms with Crippen LogP contribution in [0.4, 0.5) is 0 Å². The number of benzene rings is 1. The average Bonchev–Trinajstić information content (AvgIpc) is 2.94. The Hall–Kier alpha value is -2.47. The Morgan fingerprint density at radius 3 is 2.52 bits per heavy atom. The average molecular weight is 302 g/mol. The molecule has 0 saturated carbocycles. The van der Waals surface area contributed by atoms with Crippen LogP contribution < -0.4 is 4.74 Å². The summed E-state index contributed by atoms with van der Waals surface area (Å²) in [7, 11) is 0. The minimum atomic E-state index is 0.165. The number of aryl methyl sites for hydroxylation is 2. The van der Waals surface area contributed by atoms with Crippen LogP contribution in [0.3, 0.4) is 0 Å². The second-order valence-corrected chi connectivity index (χ2v) is 4.76. The molecule has 0 spiro atoms. The largest absolute Gasteiger partial charge is 0.401 e. The Labute approximate surface area is 126 Å². The van der Waals surface area contributed by atoms with E-state index in [1.54, 1.807) is 11.0 Å². The van der Waals surface area contributed by atoms with Gasteiger partial charge in [0.05, 0.1) is 17.1 Å². The molecule has 106 valence electrons. The van der Waals surface area contributed by atoms with Crippen LogP contribution in [-0.4, -0.2) is 24.7 Å². The molecular formula is C14H12ClN5O. The van der Waals surface area contributed by atoms with Gasteiger partial charge in [-0.3, -0.25) is 0 Å². The molecule has 0 aliphatic heterocycles. The number of rotatable bonds is 3. The fourth-order valence-electron chi connectivity index (χ4n) is 1.71. The molecule has 0 aliphatic carbocycles. The molecule has 0 radical (unpaired) electrons. The van der Waals surface area contributed by atoms with Crippen LogP contribution in [0.2, 0.25) is 5.15 Å². The maximum absolute atomic E-state index is 6.01. The zero-order chi connectivity index (χ0) is 14.8. The molecule has 1 aromatic carbocycles. The standard InChI is InChI=1S/C14H12ClN5O/c1-9-10(2)18-13(12(15)17-9)21-14-16-8-20(19-14)11-6-4-3-5-7-11/h3-8H,1-2H3. The molecule has 0 saturated heterocycles. The van der Waals surface area contributed by atoms with Crippen molar-refractivity contribution < 1.29 is 4.74 Å². The van der Waals surface area contributed by atoms with E-state index in [4.69, 9.17) is 16.3 Å². The number of halogens is 1. The van der Waals surface area contributed by atoms with Crippen molar-refractivity contribution in [2.24, 2.45) is 0 Å². The van der Waals surface area contributed by atoms with Gasteiger partial charge in [-0.05, 0) is 26.0 Å². The third kappa shape index (κ3) is 2.85. The predicted molar refractivity (Wildman–Crippen MR) is 77.9 cm³/mol. The van der Waals surface area contributed by atoms with E-state index in [-0.39, 0.29) is 17.0 Å². The first-order valence-corrected chi connectivity index (χ1v) is 6.67. The van der Waals surface area contributed by atoms with E-state index < -0.39 is 0 Å². The lowest BCUT2D eigenvalue weighted by molar-refractivity contribution is 0.421. The molecule has 0 N–H and O–H groups in total. The summed E-state index contributed by atoms with van der Waals surface area (Å²) in [4.78, 5) is 12.5. The maximum atomic E-state index is 6.01. The van der Waals surface area contributed by atoms with E-state index in [1.807, 2.05) is 44.2 Å². The quantitative estimate of drug-likeness (QED) is 0.743. The number of hydrogen-bond donors (Lipinski definition) is 0. The van der Waals surface area contributed by atoms with Crippen LogP contribution >= 0.6 is 11.6 Å². The Morgan fingerprint density at radius 2 is 1.76 bits per heavy atom. The number of ether oxygens (including phenoxy) is 1. The van der Waals surface area contributed by atoms with Crippen LogP contribution in [0.25, 0.3) is 5.69 Å². The molecule has 2 heterocycles. The summed E-state index contributed by atoms with van der Waals surface area (Å²) in [6.45, 7) is 3.67. The van der Waals surface area contributed by atoms with Gasteiger partial charge < -0.3 is 4.74 Å². The minimum absolute atomic E-state index is 0.165. The summed E-state index contributed by atoms with van der Waals surface area (Å²) in [5.74, 6) is 0.200. The summed E-state index contributed by atoms with van der Waals surface area (Å²) in [5, 5.41) is 4.41. The molecule has 0 amide bonds. The molecule has 0 fully saturated rings. The van der Waals surface area contributed by atoms with Crippen molar-refractivity contribution in [2.45, 2.75) is 13.8 Å². The SMILES string of the molecule is Cc1nc(Cl)c(Oc2ncn(-c3ccccc3)n2)nc1C. The van der Waals surface area contributed by atoms with Gasteiger partial charge >= 0.3 is 6.01 Å². The fourth-order valence-corrected chi connectivity index (χ4v) is 1.91. The maximum Gasteiger partial charge on any atom is 0.342 e. The monoisotopic (exact) mass is 301 g/mol. The van der Waals surface area contributed by atoms with E-state index in [9.17, 15) is 0 Å². The molecule has 0 unspecified atom stereocenters. The van der Waals surface area contributed by atoms with Gasteiger partial charge in [-0.25, -0.2) is 14.6 Å². The molecule has 3 aromatic rings. The van der Waals surface area contributed by atoms with Crippen LogP contribution in [0.15, 0.2) is 36.7 Å². The third-order valence-corrected chi connectivity index (χ3v) is 3.16. The lowest BCUT2D eigenvalue weighted by Crippen LogP contribution is -1.99. The smallest absolute Gasteiger partial charge is 0.342 e. The van der Waals surface area contributed by atoms with Crippen molar-refractivity contribution in [3.8, 4) is 17.6 Å². The van der Waals surface area contributed by atoms with Crippen LogP contribution in [-0.2, 0) is 0 Å². The Bertz CT molecular complexity index is 772. The molecule has 3 rings (SSSR count). The molecular weight excluding hydrogens is 290 g/mol. The second kappa shape index (κ2) is 5.49. The van der Waals surface area contributed by atoms with E-state index >= 15 is 0 Å². The second-order valence-electron chi connectivity index (χ2n) is 4.40. The topological polar surface area (TPSA) is 65.7 Å². The van der Waals surface area contributed by atoms with Crippen molar-refractivity contribution in [2.75, 3.05) is 0 Å². The highest BCUT2D eigenvalue weighted by atomic mass is 35.5. The van der Waals surface area contributed by atoms with Crippen molar-refractivity contribution in [3.05, 3.63) is 53.2 Å². The molecule has 21 heavy (non-hydrogen) atoms. The van der Waals surface area contributed by atoms with Crippen molar-refractivity contribution in [3.63, 3.8) is 0 Å². The summed E-state index contributed by atoms with van der Waals surface area (Å²) in [6.07, 6.45) is 1.56. The van der Waals surface area contributed by atoms with Gasteiger partial charge in [0.1, 0.15) is 6.33 Å². The van der Waals surface area contributed by atoms with Gasteiger partial charge in [0.15, 0.2) is 5.15 Å². The van der Waals surface area contributed by atoms with E-state index in [0.717, 1.165) is 17.1 Å². The van der Waals surface area contributed by atoms with E-state index in [1.165, 1.54) is 0 Å². The first-order valence-electron chi connectivity index (χ1n) is 6.29. The number of para-hydroxylation sites is 1. The highest BCUT2D eigenvalue weighted by Crippen LogP contribution is 2.24. The van der Waals surface area contributed by atoms with Crippen LogP contribution in [0.5, 0.6) is 11.9 Å². The molecule has 0 aliphatic rings. The fraction of sp³-hybridized carbons (Fsp3) is 0.143. The lowest BCUT2D eigenvalue weighted by atomic mass is 10.3. The van der Waals surface area contributed by atoms with Gasteiger partial charge in [-0.2, -0.15) is 4.98 Å². The predicted octanol–water partition coefficient (Wildman–Crippen LogP) is 3.12. The highest BCUT2D eigenvalue weighted by molar-refractivity contribution is 6.30. The van der Waals surface area contributed by atoms with Crippen LogP contribution in [0, 0.1) is 13.8 Å². The first-order chi connectivity index (χ1) is 10.1.